The van der Waals surface area contributed by atoms with Crippen LogP contribution >= 0.6 is 11.6 Å². The molecule has 0 radical (unpaired) electrons. The first-order valence-corrected chi connectivity index (χ1v) is 8.32. The lowest BCUT2D eigenvalue weighted by atomic mass is 10.1. The Hall–Kier alpha value is -3.70. The zero-order valence-electron chi connectivity index (χ0n) is 14.4. The van der Waals surface area contributed by atoms with Gasteiger partial charge in [-0.1, -0.05) is 28.8 Å². The van der Waals surface area contributed by atoms with Gasteiger partial charge < -0.3 is 19.7 Å². The van der Waals surface area contributed by atoms with E-state index in [0.29, 0.717) is 17.2 Å². The van der Waals surface area contributed by atoms with Gasteiger partial charge in [0.2, 0.25) is 0 Å². The third kappa shape index (κ3) is 4.34. The fourth-order valence-corrected chi connectivity index (χ4v) is 2.55. The number of carboxylic acid groups (broad SMARTS) is 1. The van der Waals surface area contributed by atoms with E-state index in [1.165, 1.54) is 16.9 Å². The molecule has 0 aliphatic carbocycles. The predicted octanol–water partition coefficient (Wildman–Crippen LogP) is 2.92. The minimum Gasteiger partial charge on any atom is -0.505 e. The number of phenols is 1. The highest BCUT2D eigenvalue weighted by Crippen LogP contribution is 2.30. The van der Waals surface area contributed by atoms with E-state index in [-0.39, 0.29) is 29.5 Å². The molecule has 0 spiro atoms. The van der Waals surface area contributed by atoms with E-state index in [1.54, 1.807) is 24.3 Å². The standard InChI is InChI=1S/C19H14ClN3O5/c1-2-6-27-14-4-3-5-15(9-14)28-11-13-10-23(22-21-13)17-8-12(20)7-16(18(17)24)19(25)26/h1,3-5,7-10,24H,6,11H2,(H,25,26). The SMILES string of the molecule is C#CCOc1cccc(OCc2cn(-c3cc(Cl)cc(C(=O)O)c3O)nn2)c1. The van der Waals surface area contributed by atoms with Crippen molar-refractivity contribution in [3.8, 4) is 35.3 Å². The van der Waals surface area contributed by atoms with Gasteiger partial charge in [-0.3, -0.25) is 0 Å². The van der Waals surface area contributed by atoms with Gasteiger partial charge in [-0.25, -0.2) is 9.48 Å². The van der Waals surface area contributed by atoms with Crippen LogP contribution in [0.15, 0.2) is 42.6 Å². The van der Waals surface area contributed by atoms with E-state index in [2.05, 4.69) is 16.2 Å². The van der Waals surface area contributed by atoms with Crippen LogP contribution in [-0.2, 0) is 6.61 Å². The number of aromatic carboxylic acids is 1. The van der Waals surface area contributed by atoms with Gasteiger partial charge >= 0.3 is 5.97 Å². The molecule has 142 valence electrons. The molecule has 0 amide bonds. The first-order chi connectivity index (χ1) is 13.5. The van der Waals surface area contributed by atoms with Crippen molar-refractivity contribution < 1.29 is 24.5 Å². The minimum atomic E-state index is -1.31. The van der Waals surface area contributed by atoms with Gasteiger partial charge in [-0.05, 0) is 24.3 Å². The number of terminal acetylenes is 1. The lowest BCUT2D eigenvalue weighted by molar-refractivity contribution is 0.0693. The van der Waals surface area contributed by atoms with Crippen LogP contribution in [0.2, 0.25) is 5.02 Å². The van der Waals surface area contributed by atoms with Crippen molar-refractivity contribution >= 4 is 17.6 Å². The molecule has 0 saturated carbocycles. The van der Waals surface area contributed by atoms with E-state index >= 15 is 0 Å². The number of aromatic hydroxyl groups is 1. The maximum absolute atomic E-state index is 11.2. The summed E-state index contributed by atoms with van der Waals surface area (Å²) >= 11 is 5.93. The second kappa shape index (κ2) is 8.33. The molecule has 2 aromatic carbocycles. The van der Waals surface area contributed by atoms with Gasteiger partial charge in [0.1, 0.15) is 41.7 Å². The zero-order chi connectivity index (χ0) is 20.1. The van der Waals surface area contributed by atoms with Crippen LogP contribution in [0.4, 0.5) is 0 Å². The molecule has 1 aromatic heterocycles. The Kier molecular flexibility index (Phi) is 5.67. The van der Waals surface area contributed by atoms with Gasteiger partial charge in [-0.2, -0.15) is 0 Å². The number of nitrogens with zero attached hydrogens (tertiary/aromatic N) is 3. The van der Waals surface area contributed by atoms with Crippen LogP contribution in [0.1, 0.15) is 16.1 Å². The molecular formula is C19H14ClN3O5. The molecule has 9 heteroatoms. The first-order valence-electron chi connectivity index (χ1n) is 7.94. The van der Waals surface area contributed by atoms with E-state index in [9.17, 15) is 9.90 Å². The third-order valence-electron chi connectivity index (χ3n) is 3.59. The number of benzene rings is 2. The van der Waals surface area contributed by atoms with Gasteiger partial charge in [0.05, 0.1) is 6.20 Å². The topological polar surface area (TPSA) is 107 Å². The molecule has 0 aliphatic heterocycles. The van der Waals surface area contributed by atoms with Crippen LogP contribution in [0.3, 0.4) is 0 Å². The third-order valence-corrected chi connectivity index (χ3v) is 3.81. The van der Waals surface area contributed by atoms with Crippen molar-refractivity contribution in [2.24, 2.45) is 0 Å². The Balaban J connectivity index is 1.75. The van der Waals surface area contributed by atoms with Crippen molar-refractivity contribution in [2.45, 2.75) is 6.61 Å². The van der Waals surface area contributed by atoms with Crippen molar-refractivity contribution in [1.29, 1.82) is 0 Å². The molecule has 8 nitrogen and oxygen atoms in total. The number of rotatable bonds is 7. The summed E-state index contributed by atoms with van der Waals surface area (Å²) in [5.41, 5.74) is 0.208. The Morgan fingerprint density at radius 1 is 1.25 bits per heavy atom. The smallest absolute Gasteiger partial charge is 0.339 e. The van der Waals surface area contributed by atoms with Gasteiger partial charge in [0.15, 0.2) is 5.75 Å². The summed E-state index contributed by atoms with van der Waals surface area (Å²) in [7, 11) is 0. The van der Waals surface area contributed by atoms with Crippen molar-refractivity contribution in [3.63, 3.8) is 0 Å². The normalized spacial score (nSPS) is 10.3. The number of carboxylic acids is 1. The molecule has 0 saturated heterocycles. The molecule has 3 rings (SSSR count). The number of hydrogen-bond acceptors (Lipinski definition) is 6. The van der Waals surface area contributed by atoms with Crippen LogP contribution in [-0.4, -0.2) is 37.8 Å². The number of ether oxygens (including phenoxy) is 2. The zero-order valence-corrected chi connectivity index (χ0v) is 15.1. The predicted molar refractivity (Wildman–Crippen MR) is 100 cm³/mol. The van der Waals surface area contributed by atoms with Crippen molar-refractivity contribution in [3.05, 3.63) is 58.9 Å². The van der Waals surface area contributed by atoms with Gasteiger partial charge in [0, 0.05) is 11.1 Å². The lowest BCUT2D eigenvalue weighted by Gasteiger charge is -2.08. The average Bonchev–Trinajstić information content (AvgIpc) is 3.15. The molecule has 0 bridgehead atoms. The van der Waals surface area contributed by atoms with E-state index in [1.807, 2.05) is 0 Å². The molecule has 0 unspecified atom stereocenters. The summed E-state index contributed by atoms with van der Waals surface area (Å²) in [6, 6.07) is 9.48. The highest BCUT2D eigenvalue weighted by molar-refractivity contribution is 6.31. The molecule has 0 fully saturated rings. The molecule has 0 atom stereocenters. The van der Waals surface area contributed by atoms with Crippen LogP contribution in [0.5, 0.6) is 17.2 Å². The Bertz CT molecular complexity index is 1060. The lowest BCUT2D eigenvalue weighted by Crippen LogP contribution is -2.02. The second-order valence-corrected chi connectivity index (χ2v) is 5.97. The molecule has 2 N–H and O–H groups in total. The number of carbonyl (C=O) groups is 1. The summed E-state index contributed by atoms with van der Waals surface area (Å²) in [5, 5.41) is 27.3. The summed E-state index contributed by atoms with van der Waals surface area (Å²) in [4.78, 5) is 11.2. The second-order valence-electron chi connectivity index (χ2n) is 5.54. The summed E-state index contributed by atoms with van der Waals surface area (Å²) in [5.74, 6) is 1.72. The van der Waals surface area contributed by atoms with E-state index < -0.39 is 11.7 Å². The highest BCUT2D eigenvalue weighted by atomic mass is 35.5. The first kappa shape index (κ1) is 19.1. The minimum absolute atomic E-state index is 0.0890. The van der Waals surface area contributed by atoms with Gasteiger partial charge in [0.25, 0.3) is 0 Å². The number of hydrogen-bond donors (Lipinski definition) is 2. The van der Waals surface area contributed by atoms with E-state index in [0.717, 1.165) is 6.07 Å². The maximum Gasteiger partial charge on any atom is 0.339 e. The molecule has 1 heterocycles. The Morgan fingerprint density at radius 3 is 2.71 bits per heavy atom. The Morgan fingerprint density at radius 2 is 2.00 bits per heavy atom. The molecule has 28 heavy (non-hydrogen) atoms. The molecule has 3 aromatic rings. The number of aromatic nitrogens is 3. The van der Waals surface area contributed by atoms with Gasteiger partial charge in [-0.15, -0.1) is 11.5 Å². The highest BCUT2D eigenvalue weighted by Gasteiger charge is 2.17. The van der Waals surface area contributed by atoms with Crippen LogP contribution in [0, 0.1) is 12.3 Å². The van der Waals surface area contributed by atoms with Crippen molar-refractivity contribution in [1.82, 2.24) is 15.0 Å². The summed E-state index contributed by atoms with van der Waals surface area (Å²) < 4.78 is 12.2. The number of halogens is 1. The molecular weight excluding hydrogens is 386 g/mol. The van der Waals surface area contributed by atoms with E-state index in [4.69, 9.17) is 32.6 Å². The Labute approximate surface area is 164 Å². The van der Waals surface area contributed by atoms with Crippen molar-refractivity contribution in [2.75, 3.05) is 6.61 Å². The summed E-state index contributed by atoms with van der Waals surface area (Å²) in [6.07, 6.45) is 6.66. The largest absolute Gasteiger partial charge is 0.505 e. The van der Waals surface area contributed by atoms with Crippen LogP contribution < -0.4 is 9.47 Å². The monoisotopic (exact) mass is 399 g/mol. The average molecular weight is 400 g/mol. The quantitative estimate of drug-likeness (QED) is 0.588. The van der Waals surface area contributed by atoms with Crippen LogP contribution in [0.25, 0.3) is 5.69 Å². The maximum atomic E-state index is 11.2. The molecule has 0 aliphatic rings. The summed E-state index contributed by atoms with van der Waals surface area (Å²) in [6.45, 7) is 0.241. The fourth-order valence-electron chi connectivity index (χ4n) is 2.34. The fraction of sp³-hybridized carbons (Fsp3) is 0.105.